The molecule has 2 aromatic rings. The Morgan fingerprint density at radius 1 is 1.30 bits per heavy atom. The van der Waals surface area contributed by atoms with Gasteiger partial charge in [-0.1, -0.05) is 54.6 Å². The lowest BCUT2D eigenvalue weighted by molar-refractivity contribution is 0.284. The molecule has 33 heavy (non-hydrogen) atoms. The summed E-state index contributed by atoms with van der Waals surface area (Å²) in [5.41, 5.74) is 10.4. The first-order valence-corrected chi connectivity index (χ1v) is 11.0. The van der Waals surface area contributed by atoms with E-state index in [0.29, 0.717) is 35.7 Å². The van der Waals surface area contributed by atoms with Gasteiger partial charge in [-0.25, -0.2) is 4.98 Å². The van der Waals surface area contributed by atoms with Crippen molar-refractivity contribution in [1.82, 2.24) is 9.97 Å². The molecule has 1 fully saturated rings. The molecule has 1 aliphatic rings. The van der Waals surface area contributed by atoms with E-state index < -0.39 is 0 Å². The molecule has 1 heterocycles. The maximum atomic E-state index is 8.87. The van der Waals surface area contributed by atoms with Gasteiger partial charge in [0.15, 0.2) is 5.84 Å². The fourth-order valence-corrected chi connectivity index (χ4v) is 3.62. The number of aryl methyl sites for hydroxylation is 1. The molecule has 3 rings (SSSR count). The van der Waals surface area contributed by atoms with Crippen LogP contribution >= 0.6 is 0 Å². The molecule has 0 radical (unpaired) electrons. The van der Waals surface area contributed by atoms with E-state index in [1.807, 2.05) is 32.1 Å². The molecule has 0 amide bonds. The number of benzene rings is 1. The van der Waals surface area contributed by atoms with E-state index >= 15 is 0 Å². The Morgan fingerprint density at radius 3 is 2.67 bits per heavy atom. The zero-order valence-corrected chi connectivity index (χ0v) is 19.7. The zero-order chi connectivity index (χ0) is 24.0. The van der Waals surface area contributed by atoms with Crippen LogP contribution in [0.1, 0.15) is 38.1 Å². The predicted octanol–water partition coefficient (Wildman–Crippen LogP) is 5.00. The summed E-state index contributed by atoms with van der Waals surface area (Å²) in [6.07, 6.45) is 7.85. The lowest BCUT2D eigenvalue weighted by Crippen LogP contribution is -2.12. The second-order valence-electron chi connectivity index (χ2n) is 8.17. The van der Waals surface area contributed by atoms with Crippen LogP contribution in [-0.2, 0) is 4.74 Å². The number of ether oxygens (including phenoxy) is 2. The van der Waals surface area contributed by atoms with E-state index in [4.69, 9.17) is 20.4 Å². The third-order valence-corrected chi connectivity index (χ3v) is 5.88. The minimum Gasteiger partial charge on any atom is -0.501 e. The molecule has 3 N–H and O–H groups in total. The average Bonchev–Trinajstić information content (AvgIpc) is 3.61. The minimum absolute atomic E-state index is 0.0611. The lowest BCUT2D eigenvalue weighted by atomic mass is 9.99. The highest BCUT2D eigenvalue weighted by Gasteiger charge is 2.40. The van der Waals surface area contributed by atoms with Crippen molar-refractivity contribution in [1.29, 1.82) is 0 Å². The molecule has 0 bridgehead atoms. The molecule has 2 unspecified atom stereocenters. The maximum Gasteiger partial charge on any atom is 0.224 e. The number of nitrogens with zero attached hydrogens (tertiary/aromatic N) is 3. The molecule has 2 atom stereocenters. The molecule has 1 aromatic carbocycles. The van der Waals surface area contributed by atoms with Crippen LogP contribution in [0.4, 0.5) is 0 Å². The van der Waals surface area contributed by atoms with E-state index in [-0.39, 0.29) is 5.84 Å². The fourth-order valence-electron chi connectivity index (χ4n) is 3.62. The SMILES string of the molecule is C=C(CC)C(=CC=C(C)OC)C1CC1COc1nc(C)ncc1-c1ccc(C(N)=NO)cc1. The van der Waals surface area contributed by atoms with Crippen LogP contribution in [0.5, 0.6) is 5.88 Å². The molecule has 0 saturated heterocycles. The summed E-state index contributed by atoms with van der Waals surface area (Å²) < 4.78 is 11.5. The smallest absolute Gasteiger partial charge is 0.224 e. The molecule has 174 valence electrons. The Labute approximate surface area is 195 Å². The quantitative estimate of drug-likeness (QED) is 0.132. The van der Waals surface area contributed by atoms with Crippen LogP contribution in [0.3, 0.4) is 0 Å². The number of rotatable bonds is 10. The first kappa shape index (κ1) is 24.0. The first-order valence-electron chi connectivity index (χ1n) is 11.0. The van der Waals surface area contributed by atoms with Crippen LogP contribution < -0.4 is 10.5 Å². The minimum atomic E-state index is 0.0611. The third-order valence-electron chi connectivity index (χ3n) is 5.88. The van der Waals surface area contributed by atoms with Gasteiger partial charge in [0.25, 0.3) is 0 Å². The van der Waals surface area contributed by atoms with Gasteiger partial charge in [0, 0.05) is 17.7 Å². The fraction of sp³-hybridized carbons (Fsp3) is 0.346. The summed E-state index contributed by atoms with van der Waals surface area (Å²) in [7, 11) is 1.67. The Kier molecular flexibility index (Phi) is 7.87. The van der Waals surface area contributed by atoms with Crippen molar-refractivity contribution in [3.05, 3.63) is 77.5 Å². The van der Waals surface area contributed by atoms with E-state index in [1.54, 1.807) is 25.4 Å². The topological polar surface area (TPSA) is 103 Å². The number of oxime groups is 1. The number of methoxy groups -OCH3 is 1. The summed E-state index contributed by atoms with van der Waals surface area (Å²) in [5.74, 6) is 2.95. The summed E-state index contributed by atoms with van der Waals surface area (Å²) in [4.78, 5) is 8.88. The van der Waals surface area contributed by atoms with E-state index in [9.17, 15) is 0 Å². The number of allylic oxidation sites excluding steroid dienone is 5. The van der Waals surface area contributed by atoms with Gasteiger partial charge in [-0.05, 0) is 49.8 Å². The van der Waals surface area contributed by atoms with E-state index in [0.717, 1.165) is 35.3 Å². The zero-order valence-electron chi connectivity index (χ0n) is 19.7. The Hall–Kier alpha value is -3.61. The van der Waals surface area contributed by atoms with Crippen LogP contribution in [0.25, 0.3) is 11.1 Å². The van der Waals surface area contributed by atoms with Crippen molar-refractivity contribution in [2.24, 2.45) is 22.7 Å². The molecule has 0 spiro atoms. The van der Waals surface area contributed by atoms with Crippen LogP contribution in [-0.4, -0.2) is 34.7 Å². The van der Waals surface area contributed by atoms with E-state index in [2.05, 4.69) is 34.7 Å². The maximum absolute atomic E-state index is 8.87. The van der Waals surface area contributed by atoms with E-state index in [1.165, 1.54) is 5.57 Å². The van der Waals surface area contributed by atoms with Crippen molar-refractivity contribution < 1.29 is 14.7 Å². The van der Waals surface area contributed by atoms with Crippen molar-refractivity contribution in [3.63, 3.8) is 0 Å². The van der Waals surface area contributed by atoms with Crippen LogP contribution in [0.2, 0.25) is 0 Å². The molecule has 0 aliphatic heterocycles. The number of amidine groups is 1. The predicted molar refractivity (Wildman–Crippen MR) is 130 cm³/mol. The lowest BCUT2D eigenvalue weighted by Gasteiger charge is -2.12. The highest BCUT2D eigenvalue weighted by atomic mass is 16.5. The highest BCUT2D eigenvalue weighted by molar-refractivity contribution is 5.97. The number of nitrogens with two attached hydrogens (primary N) is 1. The number of aromatic nitrogens is 2. The highest BCUT2D eigenvalue weighted by Crippen LogP contribution is 2.47. The average molecular weight is 449 g/mol. The van der Waals surface area contributed by atoms with Crippen molar-refractivity contribution in [2.75, 3.05) is 13.7 Å². The molecule has 7 heteroatoms. The first-order chi connectivity index (χ1) is 15.9. The Bertz CT molecular complexity index is 1090. The largest absolute Gasteiger partial charge is 0.501 e. The Morgan fingerprint density at radius 2 is 2.03 bits per heavy atom. The second-order valence-corrected chi connectivity index (χ2v) is 8.17. The van der Waals surface area contributed by atoms with Gasteiger partial charge in [-0.2, -0.15) is 4.98 Å². The third kappa shape index (κ3) is 6.00. The monoisotopic (exact) mass is 448 g/mol. The van der Waals surface area contributed by atoms with Crippen LogP contribution in [0, 0.1) is 18.8 Å². The van der Waals surface area contributed by atoms with Crippen molar-refractivity contribution in [3.8, 4) is 17.0 Å². The summed E-state index contributed by atoms with van der Waals surface area (Å²) in [6, 6.07) is 7.33. The molecular weight excluding hydrogens is 416 g/mol. The van der Waals surface area contributed by atoms with Crippen molar-refractivity contribution in [2.45, 2.75) is 33.6 Å². The standard InChI is InChI=1S/C26H32N4O3/c1-6-16(2)22(12-7-17(3)32-5)23-13-21(23)15-33-26-24(14-28-18(4)29-26)19-8-10-20(11-9-19)25(27)30-31/h7-12,14,21,23,31H,2,6,13,15H2,1,3-5H3,(H2,27,30). The van der Waals surface area contributed by atoms with Crippen LogP contribution in [0.15, 0.2) is 71.3 Å². The summed E-state index contributed by atoms with van der Waals surface area (Å²) >= 11 is 0. The van der Waals surface area contributed by atoms with Gasteiger partial charge < -0.3 is 20.4 Å². The van der Waals surface area contributed by atoms with Crippen molar-refractivity contribution >= 4 is 5.84 Å². The summed E-state index contributed by atoms with van der Waals surface area (Å²) in [5, 5.41) is 11.9. The van der Waals surface area contributed by atoms with Gasteiger partial charge in [-0.3, -0.25) is 0 Å². The van der Waals surface area contributed by atoms with Gasteiger partial charge in [0.1, 0.15) is 5.82 Å². The summed E-state index contributed by atoms with van der Waals surface area (Å²) in [6.45, 7) is 10.7. The molecular formula is C26H32N4O3. The van der Waals surface area contributed by atoms with Gasteiger partial charge in [0.05, 0.1) is 25.0 Å². The van der Waals surface area contributed by atoms with Gasteiger partial charge >= 0.3 is 0 Å². The number of hydrogen-bond acceptors (Lipinski definition) is 6. The molecule has 7 nitrogen and oxygen atoms in total. The molecule has 1 aliphatic carbocycles. The molecule has 1 aromatic heterocycles. The Balaban J connectivity index is 1.75. The van der Waals surface area contributed by atoms with Gasteiger partial charge in [-0.15, -0.1) is 0 Å². The second kappa shape index (κ2) is 10.8. The molecule has 1 saturated carbocycles. The number of hydrogen-bond donors (Lipinski definition) is 2. The van der Waals surface area contributed by atoms with Gasteiger partial charge in [0.2, 0.25) is 5.88 Å². The normalized spacial score (nSPS) is 18.7.